The molecule has 96 valence electrons. The second kappa shape index (κ2) is 6.36. The maximum Gasteiger partial charge on any atom is 0.131 e. The van der Waals surface area contributed by atoms with E-state index in [-0.39, 0.29) is 11.4 Å². The van der Waals surface area contributed by atoms with Crippen molar-refractivity contribution in [3.05, 3.63) is 29.6 Å². The van der Waals surface area contributed by atoms with E-state index in [1.807, 2.05) is 0 Å². The molecule has 0 aliphatic heterocycles. The van der Waals surface area contributed by atoms with Crippen LogP contribution in [0.2, 0.25) is 0 Å². The lowest BCUT2D eigenvalue weighted by Gasteiger charge is -2.25. The second-order valence-corrected chi connectivity index (χ2v) is 5.43. The highest BCUT2D eigenvalue weighted by atomic mass is 79.9. The van der Waals surface area contributed by atoms with Gasteiger partial charge >= 0.3 is 0 Å². The lowest BCUT2D eigenvalue weighted by Crippen LogP contribution is -2.39. The third-order valence-corrected chi connectivity index (χ3v) is 3.13. The van der Waals surface area contributed by atoms with E-state index < -0.39 is 0 Å². The first kappa shape index (κ1) is 14.5. The van der Waals surface area contributed by atoms with Gasteiger partial charge in [-0.3, -0.25) is 0 Å². The molecule has 1 aromatic rings. The first-order valence-corrected chi connectivity index (χ1v) is 6.74. The van der Waals surface area contributed by atoms with Crippen molar-refractivity contribution >= 4 is 15.9 Å². The molecule has 0 saturated heterocycles. The third kappa shape index (κ3) is 4.64. The van der Waals surface area contributed by atoms with Gasteiger partial charge in [0.1, 0.15) is 11.6 Å². The lowest BCUT2D eigenvalue weighted by atomic mass is 10.0. The van der Waals surface area contributed by atoms with Crippen molar-refractivity contribution in [2.75, 3.05) is 12.4 Å². The Kier molecular flexibility index (Phi) is 5.40. The van der Waals surface area contributed by atoms with Crippen LogP contribution in [0.1, 0.15) is 25.8 Å². The molecule has 1 aromatic carbocycles. The summed E-state index contributed by atoms with van der Waals surface area (Å²) < 4.78 is 18.6. The molecule has 0 spiro atoms. The molecule has 1 N–H and O–H groups in total. The highest BCUT2D eigenvalue weighted by Gasteiger charge is 2.16. The molecule has 0 fully saturated rings. The van der Waals surface area contributed by atoms with E-state index in [4.69, 9.17) is 4.74 Å². The van der Waals surface area contributed by atoms with Gasteiger partial charge in [0, 0.05) is 29.0 Å². The van der Waals surface area contributed by atoms with Crippen molar-refractivity contribution in [1.29, 1.82) is 0 Å². The van der Waals surface area contributed by atoms with Crippen LogP contribution in [0, 0.1) is 5.82 Å². The molecule has 0 unspecified atom stereocenters. The zero-order valence-corrected chi connectivity index (χ0v) is 12.1. The van der Waals surface area contributed by atoms with Crippen LogP contribution in [0.5, 0.6) is 5.75 Å². The zero-order chi connectivity index (χ0) is 12.9. The van der Waals surface area contributed by atoms with Crippen molar-refractivity contribution in [3.63, 3.8) is 0 Å². The van der Waals surface area contributed by atoms with Crippen LogP contribution in [0.15, 0.2) is 18.2 Å². The van der Waals surface area contributed by atoms with Gasteiger partial charge in [0.2, 0.25) is 0 Å². The van der Waals surface area contributed by atoms with Crippen molar-refractivity contribution in [2.45, 2.75) is 32.4 Å². The maximum absolute atomic E-state index is 13.7. The van der Waals surface area contributed by atoms with Crippen molar-refractivity contribution in [1.82, 2.24) is 5.32 Å². The average Bonchev–Trinajstić information content (AvgIpc) is 2.27. The normalized spacial score (nSPS) is 11.6. The minimum atomic E-state index is -0.230. The van der Waals surface area contributed by atoms with Crippen molar-refractivity contribution in [3.8, 4) is 5.75 Å². The molecule has 0 amide bonds. The molecule has 0 bridgehead atoms. The van der Waals surface area contributed by atoms with Gasteiger partial charge in [-0.05, 0) is 26.3 Å². The second-order valence-electron chi connectivity index (χ2n) is 4.63. The van der Waals surface area contributed by atoms with E-state index in [9.17, 15) is 4.39 Å². The fraction of sp³-hybridized carbons (Fsp3) is 0.538. The molecule has 4 heteroatoms. The van der Waals surface area contributed by atoms with E-state index in [1.165, 1.54) is 13.2 Å². The van der Waals surface area contributed by atoms with Gasteiger partial charge in [0.15, 0.2) is 0 Å². The van der Waals surface area contributed by atoms with Gasteiger partial charge in [-0.2, -0.15) is 0 Å². The molecule has 17 heavy (non-hydrogen) atoms. The van der Waals surface area contributed by atoms with E-state index in [2.05, 4.69) is 35.1 Å². The molecule has 0 heterocycles. The van der Waals surface area contributed by atoms with Crippen LogP contribution in [-0.2, 0) is 6.54 Å². The standard InChI is InChI=1S/C13H19BrFNO/c1-13(2,6-7-14)16-9-10-4-5-11(17-3)8-12(10)15/h4-5,8,16H,6-7,9H2,1-3H3. The van der Waals surface area contributed by atoms with Crippen LogP contribution in [0.4, 0.5) is 4.39 Å². The molecule has 0 radical (unpaired) electrons. The summed E-state index contributed by atoms with van der Waals surface area (Å²) in [6.45, 7) is 4.74. The fourth-order valence-corrected chi connectivity index (χ4v) is 2.45. The Hall–Kier alpha value is -0.610. The number of methoxy groups -OCH3 is 1. The molecular weight excluding hydrogens is 285 g/mol. The number of hydrogen-bond donors (Lipinski definition) is 1. The minimum absolute atomic E-state index is 0.00410. The van der Waals surface area contributed by atoms with Crippen LogP contribution >= 0.6 is 15.9 Å². The van der Waals surface area contributed by atoms with Crippen LogP contribution < -0.4 is 10.1 Å². The van der Waals surface area contributed by atoms with Gasteiger partial charge in [-0.15, -0.1) is 0 Å². The smallest absolute Gasteiger partial charge is 0.131 e. The number of alkyl halides is 1. The predicted molar refractivity (Wildman–Crippen MR) is 72.3 cm³/mol. The van der Waals surface area contributed by atoms with E-state index in [1.54, 1.807) is 12.1 Å². The molecule has 0 aromatic heterocycles. The number of hydrogen-bond acceptors (Lipinski definition) is 2. The fourth-order valence-electron chi connectivity index (χ4n) is 1.46. The zero-order valence-electron chi connectivity index (χ0n) is 10.5. The minimum Gasteiger partial charge on any atom is -0.497 e. The molecular formula is C13H19BrFNO. The third-order valence-electron chi connectivity index (χ3n) is 2.74. The van der Waals surface area contributed by atoms with E-state index in [0.29, 0.717) is 17.9 Å². The number of benzene rings is 1. The summed E-state index contributed by atoms with van der Waals surface area (Å²) in [5.41, 5.74) is 0.657. The Morgan fingerprint density at radius 2 is 2.12 bits per heavy atom. The Bertz CT molecular complexity index is 368. The summed E-state index contributed by atoms with van der Waals surface area (Å²) in [7, 11) is 1.53. The quantitative estimate of drug-likeness (QED) is 0.812. The van der Waals surface area contributed by atoms with Gasteiger partial charge in [0.05, 0.1) is 7.11 Å². The Morgan fingerprint density at radius 3 is 2.65 bits per heavy atom. The number of ether oxygens (including phenoxy) is 1. The summed E-state index contributed by atoms with van der Waals surface area (Å²) in [6.07, 6.45) is 0.991. The molecule has 0 aliphatic carbocycles. The summed E-state index contributed by atoms with van der Waals surface area (Å²) >= 11 is 3.41. The van der Waals surface area contributed by atoms with Crippen LogP contribution in [0.3, 0.4) is 0 Å². The molecule has 1 rings (SSSR count). The SMILES string of the molecule is COc1ccc(CNC(C)(C)CCBr)c(F)c1. The molecule has 0 aliphatic rings. The van der Waals surface area contributed by atoms with Crippen LogP contribution in [-0.4, -0.2) is 18.0 Å². The van der Waals surface area contributed by atoms with E-state index >= 15 is 0 Å². The van der Waals surface area contributed by atoms with Crippen LogP contribution in [0.25, 0.3) is 0 Å². The van der Waals surface area contributed by atoms with Gasteiger partial charge < -0.3 is 10.1 Å². The van der Waals surface area contributed by atoms with Gasteiger partial charge in [-0.1, -0.05) is 22.0 Å². The molecule has 0 saturated carbocycles. The van der Waals surface area contributed by atoms with Crippen molar-refractivity contribution < 1.29 is 9.13 Å². The summed E-state index contributed by atoms with van der Waals surface area (Å²) in [4.78, 5) is 0. The maximum atomic E-state index is 13.7. The lowest BCUT2D eigenvalue weighted by molar-refractivity contribution is 0.373. The van der Waals surface area contributed by atoms with Crippen molar-refractivity contribution in [2.24, 2.45) is 0 Å². The summed E-state index contributed by atoms with van der Waals surface area (Å²) in [5.74, 6) is 0.317. The number of halogens is 2. The molecule has 0 atom stereocenters. The Morgan fingerprint density at radius 1 is 1.41 bits per heavy atom. The van der Waals surface area contributed by atoms with E-state index in [0.717, 1.165) is 11.8 Å². The monoisotopic (exact) mass is 303 g/mol. The number of nitrogens with one attached hydrogen (secondary N) is 1. The first-order valence-electron chi connectivity index (χ1n) is 5.62. The number of rotatable bonds is 6. The first-order chi connectivity index (χ1) is 7.98. The largest absolute Gasteiger partial charge is 0.497 e. The highest BCUT2D eigenvalue weighted by Crippen LogP contribution is 2.17. The summed E-state index contributed by atoms with van der Waals surface area (Å²) in [6, 6.07) is 4.94. The molecule has 2 nitrogen and oxygen atoms in total. The Balaban J connectivity index is 2.63. The van der Waals surface area contributed by atoms with Gasteiger partial charge in [0.25, 0.3) is 0 Å². The Labute approximate surface area is 111 Å². The average molecular weight is 304 g/mol. The highest BCUT2D eigenvalue weighted by molar-refractivity contribution is 9.09. The van der Waals surface area contributed by atoms with Gasteiger partial charge in [-0.25, -0.2) is 4.39 Å². The predicted octanol–water partition coefficient (Wildman–Crippen LogP) is 3.49. The topological polar surface area (TPSA) is 21.3 Å². The summed E-state index contributed by atoms with van der Waals surface area (Å²) in [5, 5.41) is 4.27.